The van der Waals surface area contributed by atoms with E-state index in [-0.39, 0.29) is 0 Å². The van der Waals surface area contributed by atoms with Crippen LogP contribution in [0.2, 0.25) is 0 Å². The number of rotatable bonds is 3. The number of pyridine rings is 1. The summed E-state index contributed by atoms with van der Waals surface area (Å²) in [4.78, 5) is 6.80. The average molecular weight is 228 g/mol. The molecule has 0 saturated carbocycles. The van der Waals surface area contributed by atoms with Crippen molar-refractivity contribution in [3.05, 3.63) is 36.2 Å². The third-order valence-corrected chi connectivity index (χ3v) is 4.17. The lowest BCUT2D eigenvalue weighted by Crippen LogP contribution is -2.48. The third kappa shape index (κ3) is 2.58. The average Bonchev–Trinajstić information content (AvgIpc) is 2.41. The largest absolute Gasteiger partial charge is 0.300 e. The topological polar surface area (TPSA) is 16.1 Å². The van der Waals surface area contributed by atoms with E-state index in [4.69, 9.17) is 0 Å². The number of hydrogen-bond donors (Lipinski definition) is 0. The van der Waals surface area contributed by atoms with E-state index >= 15 is 0 Å². The highest BCUT2D eigenvalue weighted by Gasteiger charge is 2.32. The minimum Gasteiger partial charge on any atom is -0.300 e. The standard InChI is InChI=1S/C15H20N2/c1(3-14-4-2-8-16-12-14)5-15-11-13-6-9-17(15)10-7-13/h1-4,8,12-13,15H,5-7,9-11H2. The summed E-state index contributed by atoms with van der Waals surface area (Å²) in [5.74, 6) is 1.01. The van der Waals surface area contributed by atoms with Crippen LogP contribution in [0.3, 0.4) is 0 Å². The van der Waals surface area contributed by atoms with Crippen LogP contribution in [-0.2, 0) is 0 Å². The van der Waals surface area contributed by atoms with E-state index in [2.05, 4.69) is 28.1 Å². The molecule has 90 valence electrons. The molecular weight excluding hydrogens is 208 g/mol. The molecule has 2 bridgehead atoms. The van der Waals surface area contributed by atoms with Crippen LogP contribution in [0.1, 0.15) is 31.2 Å². The molecule has 1 atom stereocenters. The van der Waals surface area contributed by atoms with Crippen LogP contribution >= 0.6 is 0 Å². The maximum atomic E-state index is 4.13. The molecule has 0 aromatic carbocycles. The Kier molecular flexibility index (Phi) is 3.23. The Morgan fingerprint density at radius 1 is 1.35 bits per heavy atom. The molecule has 0 N–H and O–H groups in total. The van der Waals surface area contributed by atoms with Crippen LogP contribution in [-0.4, -0.2) is 29.0 Å². The van der Waals surface area contributed by atoms with Crippen molar-refractivity contribution in [2.24, 2.45) is 5.92 Å². The van der Waals surface area contributed by atoms with Gasteiger partial charge in [0.2, 0.25) is 0 Å². The predicted octanol–water partition coefficient (Wildman–Crippen LogP) is 2.97. The van der Waals surface area contributed by atoms with Gasteiger partial charge in [0, 0.05) is 18.4 Å². The Hall–Kier alpha value is -1.15. The Bertz CT molecular complexity index is 377. The van der Waals surface area contributed by atoms with Gasteiger partial charge < -0.3 is 4.90 Å². The molecule has 3 saturated heterocycles. The fourth-order valence-electron chi connectivity index (χ4n) is 3.17. The molecule has 0 amide bonds. The van der Waals surface area contributed by atoms with Crippen molar-refractivity contribution in [2.45, 2.75) is 31.7 Å². The fraction of sp³-hybridized carbons (Fsp3) is 0.533. The smallest absolute Gasteiger partial charge is 0.0340 e. The Labute approximate surface area is 103 Å². The van der Waals surface area contributed by atoms with Crippen molar-refractivity contribution >= 4 is 6.08 Å². The molecule has 0 radical (unpaired) electrons. The van der Waals surface area contributed by atoms with Gasteiger partial charge >= 0.3 is 0 Å². The first-order valence-corrected chi connectivity index (χ1v) is 6.72. The Balaban J connectivity index is 1.56. The molecule has 1 unspecified atom stereocenters. The number of aromatic nitrogens is 1. The molecule has 3 aliphatic rings. The zero-order valence-corrected chi connectivity index (χ0v) is 10.3. The third-order valence-electron chi connectivity index (χ3n) is 4.17. The lowest BCUT2D eigenvalue weighted by atomic mass is 9.82. The van der Waals surface area contributed by atoms with Crippen LogP contribution in [0.4, 0.5) is 0 Å². The van der Waals surface area contributed by atoms with E-state index in [1.54, 1.807) is 0 Å². The van der Waals surface area contributed by atoms with E-state index in [1.807, 2.05) is 18.5 Å². The second-order valence-electron chi connectivity index (χ2n) is 5.29. The first-order chi connectivity index (χ1) is 8.42. The van der Waals surface area contributed by atoms with Crippen LogP contribution in [0.15, 0.2) is 30.6 Å². The monoisotopic (exact) mass is 228 g/mol. The highest BCUT2D eigenvalue weighted by Crippen LogP contribution is 2.33. The van der Waals surface area contributed by atoms with Crippen LogP contribution in [0.25, 0.3) is 6.08 Å². The molecule has 4 heterocycles. The number of nitrogens with zero attached hydrogens (tertiary/aromatic N) is 2. The van der Waals surface area contributed by atoms with Gasteiger partial charge in [0.25, 0.3) is 0 Å². The van der Waals surface area contributed by atoms with Gasteiger partial charge in [-0.05, 0) is 56.3 Å². The second-order valence-corrected chi connectivity index (χ2v) is 5.29. The van der Waals surface area contributed by atoms with E-state index in [1.165, 1.54) is 44.3 Å². The van der Waals surface area contributed by atoms with Gasteiger partial charge in [-0.25, -0.2) is 0 Å². The van der Waals surface area contributed by atoms with Crippen molar-refractivity contribution in [3.8, 4) is 0 Å². The van der Waals surface area contributed by atoms with Gasteiger partial charge in [-0.15, -0.1) is 0 Å². The first-order valence-electron chi connectivity index (χ1n) is 6.72. The summed E-state index contributed by atoms with van der Waals surface area (Å²) in [7, 11) is 0. The quantitative estimate of drug-likeness (QED) is 0.790. The van der Waals surface area contributed by atoms with Crippen LogP contribution in [0, 0.1) is 5.92 Å². The second kappa shape index (κ2) is 5.01. The summed E-state index contributed by atoms with van der Waals surface area (Å²) in [6.45, 7) is 2.66. The number of fused-ring (bicyclic) bond motifs is 3. The lowest BCUT2D eigenvalue weighted by molar-refractivity contribution is 0.0513. The SMILES string of the molecule is C(=Cc1cccnc1)CC1CC2CCN1CC2. The van der Waals surface area contributed by atoms with E-state index in [0.717, 1.165) is 12.0 Å². The molecule has 3 fully saturated rings. The predicted molar refractivity (Wildman–Crippen MR) is 70.6 cm³/mol. The Morgan fingerprint density at radius 2 is 2.24 bits per heavy atom. The van der Waals surface area contributed by atoms with E-state index in [0.29, 0.717) is 0 Å². The van der Waals surface area contributed by atoms with Gasteiger partial charge in [-0.3, -0.25) is 4.98 Å². The molecule has 4 rings (SSSR count). The van der Waals surface area contributed by atoms with Crippen molar-refractivity contribution in [1.82, 2.24) is 9.88 Å². The molecule has 1 aromatic rings. The summed E-state index contributed by atoms with van der Waals surface area (Å²) in [6.07, 6.45) is 13.8. The van der Waals surface area contributed by atoms with E-state index in [9.17, 15) is 0 Å². The number of hydrogen-bond acceptors (Lipinski definition) is 2. The fourth-order valence-corrected chi connectivity index (χ4v) is 3.17. The van der Waals surface area contributed by atoms with Crippen LogP contribution in [0.5, 0.6) is 0 Å². The molecular formula is C15H20N2. The molecule has 2 nitrogen and oxygen atoms in total. The molecule has 17 heavy (non-hydrogen) atoms. The summed E-state index contributed by atoms with van der Waals surface area (Å²) in [5, 5.41) is 0. The molecule has 0 spiro atoms. The minimum atomic E-state index is 0.801. The summed E-state index contributed by atoms with van der Waals surface area (Å²) in [6, 6.07) is 4.90. The van der Waals surface area contributed by atoms with Gasteiger partial charge in [-0.2, -0.15) is 0 Å². The lowest BCUT2D eigenvalue weighted by Gasteiger charge is -2.45. The maximum absolute atomic E-state index is 4.13. The summed E-state index contributed by atoms with van der Waals surface area (Å²) in [5.41, 5.74) is 1.21. The van der Waals surface area contributed by atoms with Gasteiger partial charge in [0.05, 0.1) is 0 Å². The zero-order valence-electron chi connectivity index (χ0n) is 10.3. The maximum Gasteiger partial charge on any atom is 0.0340 e. The van der Waals surface area contributed by atoms with E-state index < -0.39 is 0 Å². The highest BCUT2D eigenvalue weighted by atomic mass is 15.2. The van der Waals surface area contributed by atoms with Gasteiger partial charge in [-0.1, -0.05) is 18.2 Å². The molecule has 3 aliphatic heterocycles. The van der Waals surface area contributed by atoms with Crippen molar-refractivity contribution in [3.63, 3.8) is 0 Å². The molecule has 0 aliphatic carbocycles. The summed E-state index contributed by atoms with van der Waals surface area (Å²) >= 11 is 0. The summed E-state index contributed by atoms with van der Waals surface area (Å²) < 4.78 is 0. The first kappa shape index (κ1) is 11.0. The Morgan fingerprint density at radius 3 is 2.88 bits per heavy atom. The molecule has 1 aromatic heterocycles. The highest BCUT2D eigenvalue weighted by molar-refractivity contribution is 5.47. The minimum absolute atomic E-state index is 0.801. The normalized spacial score (nSPS) is 32.1. The zero-order chi connectivity index (χ0) is 11.5. The van der Waals surface area contributed by atoms with Crippen molar-refractivity contribution in [1.29, 1.82) is 0 Å². The van der Waals surface area contributed by atoms with Crippen LogP contribution < -0.4 is 0 Å². The van der Waals surface area contributed by atoms with Gasteiger partial charge in [0.15, 0.2) is 0 Å². The van der Waals surface area contributed by atoms with Crippen molar-refractivity contribution < 1.29 is 0 Å². The molecule has 2 heteroatoms. The van der Waals surface area contributed by atoms with Gasteiger partial charge in [0.1, 0.15) is 0 Å². The van der Waals surface area contributed by atoms with Crippen molar-refractivity contribution in [2.75, 3.05) is 13.1 Å². The number of piperidine rings is 3.